The highest BCUT2D eigenvalue weighted by atomic mass is 32.2. The number of hydrogen-bond acceptors (Lipinski definition) is 5. The first kappa shape index (κ1) is 25.2. The van der Waals surface area contributed by atoms with Gasteiger partial charge in [-0.15, -0.1) is 0 Å². The van der Waals surface area contributed by atoms with E-state index in [4.69, 9.17) is 4.74 Å². The normalized spacial score (nSPS) is 15.4. The van der Waals surface area contributed by atoms with Gasteiger partial charge in [-0.3, -0.25) is 13.9 Å². The minimum atomic E-state index is -3.61. The van der Waals surface area contributed by atoms with Gasteiger partial charge in [0, 0.05) is 16.9 Å². The van der Waals surface area contributed by atoms with Gasteiger partial charge in [0.25, 0.3) is 11.8 Å². The third-order valence-electron chi connectivity index (χ3n) is 5.83. The zero-order valence-corrected chi connectivity index (χ0v) is 21.4. The minimum Gasteiger partial charge on any atom is -0.476 e. The molecule has 3 aromatic carbocycles. The molecule has 9 heteroatoms. The molecule has 0 spiro atoms. The second-order valence-electron chi connectivity index (χ2n) is 9.72. The van der Waals surface area contributed by atoms with Crippen molar-refractivity contribution in [2.75, 3.05) is 27.7 Å². The Labute approximate surface area is 211 Å². The first-order valence-electron chi connectivity index (χ1n) is 11.5. The zero-order valence-electron chi connectivity index (χ0n) is 20.6. The summed E-state index contributed by atoms with van der Waals surface area (Å²) < 4.78 is 31.6. The molecule has 0 radical (unpaired) electrons. The zero-order chi connectivity index (χ0) is 26.1. The molecular formula is C27H29N3O5S. The number of sulfonamides is 1. The van der Waals surface area contributed by atoms with Crippen molar-refractivity contribution in [3.63, 3.8) is 0 Å². The second-order valence-corrected chi connectivity index (χ2v) is 11.6. The van der Waals surface area contributed by atoms with Crippen LogP contribution in [0.5, 0.6) is 5.75 Å². The SMILES string of the molecule is CC(C)(C)c1ccc(C(=O)Nc2cccc(NC(=O)C3CN(S(C)(=O)=O)c4ccccc4O3)c2)cc1. The Hall–Kier alpha value is -3.85. The lowest BCUT2D eigenvalue weighted by Gasteiger charge is -2.33. The number of anilines is 3. The van der Waals surface area contributed by atoms with Gasteiger partial charge in [-0.25, -0.2) is 8.42 Å². The van der Waals surface area contributed by atoms with E-state index in [0.29, 0.717) is 28.4 Å². The molecule has 2 amide bonds. The lowest BCUT2D eigenvalue weighted by molar-refractivity contribution is -0.122. The van der Waals surface area contributed by atoms with Gasteiger partial charge in [-0.05, 0) is 53.4 Å². The second kappa shape index (κ2) is 9.66. The Bertz CT molecular complexity index is 1400. The quantitative estimate of drug-likeness (QED) is 0.533. The van der Waals surface area contributed by atoms with E-state index in [9.17, 15) is 18.0 Å². The van der Waals surface area contributed by atoms with Gasteiger partial charge in [0.1, 0.15) is 5.75 Å². The molecule has 3 aromatic rings. The van der Waals surface area contributed by atoms with Crippen molar-refractivity contribution in [3.05, 3.63) is 83.9 Å². The summed E-state index contributed by atoms with van der Waals surface area (Å²) in [5.41, 5.74) is 2.98. The lowest BCUT2D eigenvalue weighted by atomic mass is 9.87. The van der Waals surface area contributed by atoms with Crippen LogP contribution < -0.4 is 19.7 Å². The van der Waals surface area contributed by atoms with Gasteiger partial charge >= 0.3 is 0 Å². The predicted molar refractivity (Wildman–Crippen MR) is 141 cm³/mol. The number of benzene rings is 3. The minimum absolute atomic E-state index is 0.00990. The number of para-hydroxylation sites is 2. The fourth-order valence-corrected chi connectivity index (χ4v) is 4.79. The van der Waals surface area contributed by atoms with E-state index in [1.165, 1.54) is 0 Å². The molecular weight excluding hydrogens is 478 g/mol. The molecule has 0 bridgehead atoms. The van der Waals surface area contributed by atoms with Gasteiger partial charge in [-0.2, -0.15) is 0 Å². The Kier molecular flexibility index (Phi) is 6.77. The topological polar surface area (TPSA) is 105 Å². The van der Waals surface area contributed by atoms with E-state index in [1.54, 1.807) is 60.7 Å². The van der Waals surface area contributed by atoms with Crippen LogP contribution in [0.25, 0.3) is 0 Å². The summed E-state index contributed by atoms with van der Waals surface area (Å²) in [6, 6.07) is 20.8. The maximum Gasteiger partial charge on any atom is 0.267 e. The Morgan fingerprint density at radius 1 is 0.917 bits per heavy atom. The molecule has 1 aliphatic heterocycles. The largest absolute Gasteiger partial charge is 0.476 e. The van der Waals surface area contributed by atoms with Gasteiger partial charge in [0.15, 0.2) is 6.10 Å². The fourth-order valence-electron chi connectivity index (χ4n) is 3.88. The average Bonchev–Trinajstić information content (AvgIpc) is 2.82. The summed E-state index contributed by atoms with van der Waals surface area (Å²) in [5, 5.41) is 5.60. The van der Waals surface area contributed by atoms with Crippen LogP contribution in [0.15, 0.2) is 72.8 Å². The van der Waals surface area contributed by atoms with Crippen LogP contribution in [0, 0.1) is 0 Å². The molecule has 0 aromatic heterocycles. The van der Waals surface area contributed by atoms with Crippen LogP contribution >= 0.6 is 0 Å². The Morgan fingerprint density at radius 2 is 1.56 bits per heavy atom. The first-order chi connectivity index (χ1) is 16.9. The van der Waals surface area contributed by atoms with Crippen LogP contribution in [0.2, 0.25) is 0 Å². The summed E-state index contributed by atoms with van der Waals surface area (Å²) >= 11 is 0. The summed E-state index contributed by atoms with van der Waals surface area (Å²) in [6.07, 6.45) is 0.0431. The van der Waals surface area contributed by atoms with E-state index in [0.717, 1.165) is 16.1 Å². The summed E-state index contributed by atoms with van der Waals surface area (Å²) in [6.45, 7) is 6.18. The molecule has 4 rings (SSSR count). The first-order valence-corrected chi connectivity index (χ1v) is 13.3. The number of carbonyl (C=O) groups excluding carboxylic acids is 2. The molecule has 2 N–H and O–H groups in total. The molecule has 0 saturated carbocycles. The van der Waals surface area contributed by atoms with Crippen molar-refractivity contribution in [1.82, 2.24) is 0 Å². The van der Waals surface area contributed by atoms with Gasteiger partial charge < -0.3 is 15.4 Å². The fraction of sp³-hybridized carbons (Fsp3) is 0.259. The van der Waals surface area contributed by atoms with Crippen LogP contribution in [0.4, 0.5) is 17.1 Å². The molecule has 8 nitrogen and oxygen atoms in total. The number of carbonyl (C=O) groups is 2. The third-order valence-corrected chi connectivity index (χ3v) is 6.98. The Balaban J connectivity index is 1.45. The maximum absolute atomic E-state index is 13.0. The number of ether oxygens (including phenoxy) is 1. The highest BCUT2D eigenvalue weighted by Crippen LogP contribution is 2.35. The molecule has 188 valence electrons. The average molecular weight is 508 g/mol. The van der Waals surface area contributed by atoms with Gasteiger partial charge in [0.2, 0.25) is 10.0 Å². The molecule has 1 aliphatic rings. The number of amides is 2. The monoisotopic (exact) mass is 507 g/mol. The number of nitrogens with zero attached hydrogens (tertiary/aromatic N) is 1. The molecule has 1 heterocycles. The van der Waals surface area contributed by atoms with Crippen molar-refractivity contribution in [3.8, 4) is 5.75 Å². The van der Waals surface area contributed by atoms with Gasteiger partial charge in [-0.1, -0.05) is 51.1 Å². The van der Waals surface area contributed by atoms with Crippen LogP contribution in [-0.2, 0) is 20.2 Å². The van der Waals surface area contributed by atoms with Crippen molar-refractivity contribution in [2.24, 2.45) is 0 Å². The van der Waals surface area contributed by atoms with E-state index < -0.39 is 22.0 Å². The van der Waals surface area contributed by atoms with Crippen LogP contribution in [-0.4, -0.2) is 39.1 Å². The van der Waals surface area contributed by atoms with Crippen molar-refractivity contribution in [1.29, 1.82) is 0 Å². The van der Waals surface area contributed by atoms with Crippen LogP contribution in [0.1, 0.15) is 36.7 Å². The van der Waals surface area contributed by atoms with E-state index in [-0.39, 0.29) is 17.9 Å². The van der Waals surface area contributed by atoms with Crippen molar-refractivity contribution >= 4 is 38.9 Å². The molecule has 1 unspecified atom stereocenters. The number of hydrogen-bond donors (Lipinski definition) is 2. The maximum atomic E-state index is 13.0. The van der Waals surface area contributed by atoms with E-state index in [2.05, 4.69) is 31.4 Å². The Morgan fingerprint density at radius 3 is 2.19 bits per heavy atom. The lowest BCUT2D eigenvalue weighted by Crippen LogP contribution is -2.48. The van der Waals surface area contributed by atoms with Crippen molar-refractivity contribution < 1.29 is 22.7 Å². The summed E-state index contributed by atoms with van der Waals surface area (Å²) in [7, 11) is -3.61. The summed E-state index contributed by atoms with van der Waals surface area (Å²) in [5.74, 6) is -0.456. The molecule has 0 aliphatic carbocycles. The standard InChI is InChI=1S/C27H29N3O5S/c1-27(2,3)19-14-12-18(13-15-19)25(31)28-20-8-7-9-21(16-20)29-26(32)24-17-30(36(4,33)34)22-10-5-6-11-23(22)35-24/h5-16,24H,17H2,1-4H3,(H,28,31)(H,29,32). The number of rotatable bonds is 5. The number of nitrogens with one attached hydrogen (secondary N) is 2. The van der Waals surface area contributed by atoms with Crippen molar-refractivity contribution in [2.45, 2.75) is 32.3 Å². The molecule has 0 fully saturated rings. The van der Waals surface area contributed by atoms with E-state index in [1.807, 2.05) is 12.1 Å². The predicted octanol–water partition coefficient (Wildman–Crippen LogP) is 4.40. The van der Waals surface area contributed by atoms with E-state index >= 15 is 0 Å². The molecule has 36 heavy (non-hydrogen) atoms. The highest BCUT2D eigenvalue weighted by Gasteiger charge is 2.34. The highest BCUT2D eigenvalue weighted by molar-refractivity contribution is 7.92. The third kappa shape index (κ3) is 5.68. The summed E-state index contributed by atoms with van der Waals surface area (Å²) in [4.78, 5) is 25.7. The number of fused-ring (bicyclic) bond motifs is 1. The molecule has 1 atom stereocenters. The smallest absolute Gasteiger partial charge is 0.267 e. The van der Waals surface area contributed by atoms with Crippen LogP contribution in [0.3, 0.4) is 0 Å². The van der Waals surface area contributed by atoms with Gasteiger partial charge in [0.05, 0.1) is 18.5 Å². The molecule has 0 saturated heterocycles.